The van der Waals surface area contributed by atoms with Gasteiger partial charge in [0.25, 0.3) is 0 Å². The molecule has 1 saturated heterocycles. The third-order valence-electron chi connectivity index (χ3n) is 4.25. The van der Waals surface area contributed by atoms with Crippen LogP contribution in [0.25, 0.3) is 11.0 Å². The van der Waals surface area contributed by atoms with Crippen molar-refractivity contribution in [2.75, 3.05) is 6.54 Å². The molecule has 0 bridgehead atoms. The second kappa shape index (κ2) is 4.30. The molecule has 1 saturated carbocycles. The zero-order valence-electron chi connectivity index (χ0n) is 10.9. The first kappa shape index (κ1) is 11.4. The summed E-state index contributed by atoms with van der Waals surface area (Å²) in [5.74, 6) is 0.861. The molecule has 0 radical (unpaired) electrons. The number of rotatable bonds is 3. The lowest BCUT2D eigenvalue weighted by Gasteiger charge is -2.12. The molecule has 1 aliphatic heterocycles. The molecule has 100 valence electrons. The lowest BCUT2D eigenvalue weighted by molar-refractivity contribution is 0.562. The highest BCUT2D eigenvalue weighted by molar-refractivity contribution is 5.77. The first-order valence-corrected chi connectivity index (χ1v) is 7.21. The van der Waals surface area contributed by atoms with Crippen LogP contribution in [0.3, 0.4) is 0 Å². The van der Waals surface area contributed by atoms with Crippen molar-refractivity contribution in [3.63, 3.8) is 0 Å². The number of fused-ring (bicyclic) bond motifs is 1. The molecule has 1 aromatic heterocycles. The maximum atomic E-state index is 13.9. The third kappa shape index (κ3) is 1.94. The Hall–Kier alpha value is -1.42. The summed E-state index contributed by atoms with van der Waals surface area (Å²) in [6, 6.07) is 6.34. The molecule has 2 heterocycles. The molecule has 2 aromatic rings. The molecule has 4 heteroatoms. The van der Waals surface area contributed by atoms with Crippen molar-refractivity contribution in [2.45, 2.75) is 44.2 Å². The summed E-state index contributed by atoms with van der Waals surface area (Å²) in [4.78, 5) is 4.58. The van der Waals surface area contributed by atoms with Crippen LogP contribution < -0.4 is 5.32 Å². The van der Waals surface area contributed by atoms with Gasteiger partial charge in [-0.3, -0.25) is 0 Å². The number of imidazole rings is 1. The van der Waals surface area contributed by atoms with Gasteiger partial charge < -0.3 is 9.88 Å². The molecule has 2 fully saturated rings. The minimum absolute atomic E-state index is 0.197. The Balaban J connectivity index is 1.79. The molecule has 4 rings (SSSR count). The number of nitrogens with zero attached hydrogens (tertiary/aromatic N) is 2. The van der Waals surface area contributed by atoms with Crippen molar-refractivity contribution in [2.24, 2.45) is 0 Å². The summed E-state index contributed by atoms with van der Waals surface area (Å²) in [5, 5.41) is 3.50. The summed E-state index contributed by atoms with van der Waals surface area (Å²) in [6.45, 7) is 1.10. The zero-order chi connectivity index (χ0) is 12.8. The van der Waals surface area contributed by atoms with Gasteiger partial charge in [-0.15, -0.1) is 0 Å². The van der Waals surface area contributed by atoms with Crippen LogP contribution in [0.4, 0.5) is 4.39 Å². The highest BCUT2D eigenvalue weighted by Gasteiger charge is 2.30. The van der Waals surface area contributed by atoms with Crippen LogP contribution in [0.1, 0.15) is 37.5 Å². The van der Waals surface area contributed by atoms with E-state index in [0.717, 1.165) is 24.3 Å². The number of para-hydroxylation sites is 1. The van der Waals surface area contributed by atoms with Crippen molar-refractivity contribution in [1.29, 1.82) is 0 Å². The van der Waals surface area contributed by atoms with Crippen molar-refractivity contribution < 1.29 is 4.39 Å². The van der Waals surface area contributed by atoms with Crippen LogP contribution in [0, 0.1) is 5.82 Å². The Morgan fingerprint density at radius 2 is 2.21 bits per heavy atom. The number of aromatic nitrogens is 2. The van der Waals surface area contributed by atoms with Crippen molar-refractivity contribution in [3.8, 4) is 0 Å². The minimum Gasteiger partial charge on any atom is -0.325 e. The Labute approximate surface area is 111 Å². The fraction of sp³-hybridized carbons (Fsp3) is 0.533. The van der Waals surface area contributed by atoms with Crippen LogP contribution in [-0.2, 0) is 6.42 Å². The highest BCUT2D eigenvalue weighted by Crippen LogP contribution is 2.39. The Kier molecular flexibility index (Phi) is 2.58. The average molecular weight is 259 g/mol. The molecule has 1 aliphatic carbocycles. The topological polar surface area (TPSA) is 29.9 Å². The molecule has 19 heavy (non-hydrogen) atoms. The zero-order valence-corrected chi connectivity index (χ0v) is 10.9. The van der Waals surface area contributed by atoms with E-state index >= 15 is 0 Å². The largest absolute Gasteiger partial charge is 0.325 e. The monoisotopic (exact) mass is 259 g/mol. The molecule has 1 aromatic carbocycles. The fourth-order valence-corrected chi connectivity index (χ4v) is 3.17. The number of halogens is 1. The number of hydrogen-bond donors (Lipinski definition) is 1. The standard InChI is InChI=1S/C15H18FN3/c16-12-4-1-5-13-15(12)18-14(19(13)11-6-7-11)9-10-3-2-8-17-10/h1,4-5,10-11,17H,2-3,6-9H2. The van der Waals surface area contributed by atoms with Gasteiger partial charge in [0.05, 0.1) is 5.52 Å². The summed E-state index contributed by atoms with van der Waals surface area (Å²) < 4.78 is 16.2. The second-order valence-electron chi connectivity index (χ2n) is 5.73. The number of nitrogens with one attached hydrogen (secondary N) is 1. The smallest absolute Gasteiger partial charge is 0.151 e. The van der Waals surface area contributed by atoms with Crippen LogP contribution in [-0.4, -0.2) is 22.1 Å². The summed E-state index contributed by atoms with van der Waals surface area (Å²) in [5.41, 5.74) is 1.51. The van der Waals surface area contributed by atoms with Gasteiger partial charge in [-0.2, -0.15) is 0 Å². The molecule has 2 aliphatic rings. The molecule has 3 nitrogen and oxygen atoms in total. The van der Waals surface area contributed by atoms with E-state index in [1.807, 2.05) is 6.07 Å². The predicted octanol–water partition coefficient (Wildman–Crippen LogP) is 2.80. The van der Waals surface area contributed by atoms with Crippen LogP contribution in [0.5, 0.6) is 0 Å². The summed E-state index contributed by atoms with van der Waals surface area (Å²) in [6.07, 6.45) is 5.77. The Morgan fingerprint density at radius 3 is 2.95 bits per heavy atom. The van der Waals surface area contributed by atoms with E-state index in [9.17, 15) is 4.39 Å². The van der Waals surface area contributed by atoms with Gasteiger partial charge in [0.15, 0.2) is 5.82 Å². The Bertz CT molecular complexity index is 609. The van der Waals surface area contributed by atoms with E-state index in [4.69, 9.17) is 0 Å². The molecular formula is C15H18FN3. The van der Waals surface area contributed by atoms with Gasteiger partial charge in [0, 0.05) is 18.5 Å². The highest BCUT2D eigenvalue weighted by atomic mass is 19.1. The van der Waals surface area contributed by atoms with Crippen molar-refractivity contribution in [3.05, 3.63) is 29.8 Å². The molecule has 0 spiro atoms. The van der Waals surface area contributed by atoms with Gasteiger partial charge in [-0.25, -0.2) is 9.37 Å². The van der Waals surface area contributed by atoms with Crippen LogP contribution >= 0.6 is 0 Å². The third-order valence-corrected chi connectivity index (χ3v) is 4.25. The van der Waals surface area contributed by atoms with Crippen LogP contribution in [0.15, 0.2) is 18.2 Å². The molecule has 1 unspecified atom stereocenters. The van der Waals surface area contributed by atoms with E-state index in [0.29, 0.717) is 17.6 Å². The SMILES string of the molecule is Fc1cccc2c1nc(CC1CCCN1)n2C1CC1. The van der Waals surface area contributed by atoms with Gasteiger partial charge in [0.1, 0.15) is 11.3 Å². The lowest BCUT2D eigenvalue weighted by Crippen LogP contribution is -2.25. The molecule has 0 amide bonds. The van der Waals surface area contributed by atoms with E-state index in [-0.39, 0.29) is 5.82 Å². The van der Waals surface area contributed by atoms with Gasteiger partial charge >= 0.3 is 0 Å². The maximum Gasteiger partial charge on any atom is 0.151 e. The maximum absolute atomic E-state index is 13.9. The van der Waals surface area contributed by atoms with E-state index in [2.05, 4.69) is 14.9 Å². The van der Waals surface area contributed by atoms with Crippen molar-refractivity contribution in [1.82, 2.24) is 14.9 Å². The van der Waals surface area contributed by atoms with Crippen LogP contribution in [0.2, 0.25) is 0 Å². The lowest BCUT2D eigenvalue weighted by atomic mass is 10.1. The fourth-order valence-electron chi connectivity index (χ4n) is 3.17. The average Bonchev–Trinajstić information content (AvgIpc) is 2.97. The first-order chi connectivity index (χ1) is 9.33. The first-order valence-electron chi connectivity index (χ1n) is 7.21. The van der Waals surface area contributed by atoms with E-state index in [1.165, 1.54) is 31.7 Å². The minimum atomic E-state index is -0.197. The van der Waals surface area contributed by atoms with Gasteiger partial charge in [-0.05, 0) is 44.4 Å². The summed E-state index contributed by atoms with van der Waals surface area (Å²) >= 11 is 0. The quantitative estimate of drug-likeness (QED) is 0.918. The Morgan fingerprint density at radius 1 is 1.32 bits per heavy atom. The van der Waals surface area contributed by atoms with Crippen molar-refractivity contribution >= 4 is 11.0 Å². The molecule has 1 atom stereocenters. The predicted molar refractivity (Wildman–Crippen MR) is 72.7 cm³/mol. The number of benzene rings is 1. The normalized spacial score (nSPS) is 23.3. The van der Waals surface area contributed by atoms with E-state index in [1.54, 1.807) is 6.07 Å². The van der Waals surface area contributed by atoms with Gasteiger partial charge in [0.2, 0.25) is 0 Å². The number of hydrogen-bond acceptors (Lipinski definition) is 2. The van der Waals surface area contributed by atoms with Gasteiger partial charge in [-0.1, -0.05) is 6.07 Å². The van der Waals surface area contributed by atoms with E-state index < -0.39 is 0 Å². The molecular weight excluding hydrogens is 241 g/mol. The second-order valence-corrected chi connectivity index (χ2v) is 5.73. The summed E-state index contributed by atoms with van der Waals surface area (Å²) in [7, 11) is 0. The molecule has 1 N–H and O–H groups in total.